The number of aromatic amines is 1. The minimum Gasteiger partial charge on any atom is -0.361 e. The first-order valence-corrected chi connectivity index (χ1v) is 9.45. The molecule has 2 aromatic carbocycles. The van der Waals surface area contributed by atoms with E-state index in [-0.39, 0.29) is 12.1 Å². The maximum absolute atomic E-state index is 13.4. The van der Waals surface area contributed by atoms with Gasteiger partial charge in [0.25, 0.3) is 5.91 Å². The maximum atomic E-state index is 13.4. The fourth-order valence-corrected chi connectivity index (χ4v) is 3.73. The van der Waals surface area contributed by atoms with Gasteiger partial charge in [0, 0.05) is 35.8 Å². The molecule has 2 N–H and O–H groups in total. The third-order valence-electron chi connectivity index (χ3n) is 5.13. The lowest BCUT2D eigenvalue weighted by Gasteiger charge is -2.38. The summed E-state index contributed by atoms with van der Waals surface area (Å²) in [6.07, 6.45) is 4.95. The van der Waals surface area contributed by atoms with Gasteiger partial charge in [0.1, 0.15) is 6.17 Å². The molecule has 5 rings (SSSR count). The number of hydrogen-bond acceptors (Lipinski definition) is 4. The van der Waals surface area contributed by atoms with Crippen molar-refractivity contribution in [2.75, 3.05) is 5.32 Å². The average molecular weight is 381 g/mol. The lowest BCUT2D eigenvalue weighted by Crippen LogP contribution is -2.42. The quantitative estimate of drug-likeness (QED) is 0.555. The van der Waals surface area contributed by atoms with E-state index in [9.17, 15) is 4.79 Å². The van der Waals surface area contributed by atoms with Crippen LogP contribution in [0.3, 0.4) is 0 Å². The molecule has 6 heteroatoms. The second kappa shape index (κ2) is 7.24. The van der Waals surface area contributed by atoms with E-state index in [1.165, 1.54) is 0 Å². The summed E-state index contributed by atoms with van der Waals surface area (Å²) in [4.78, 5) is 19.5. The predicted octanol–water partition coefficient (Wildman–Crippen LogP) is 4.24. The Kier molecular flexibility index (Phi) is 4.29. The molecule has 0 saturated heterocycles. The molecule has 29 heavy (non-hydrogen) atoms. The highest BCUT2D eigenvalue weighted by atomic mass is 16.2. The van der Waals surface area contributed by atoms with Gasteiger partial charge in [-0.1, -0.05) is 42.5 Å². The lowest BCUT2D eigenvalue weighted by atomic mass is 10.0. The first-order valence-electron chi connectivity index (χ1n) is 9.45. The van der Waals surface area contributed by atoms with Gasteiger partial charge in [-0.05, 0) is 29.8 Å². The Balaban J connectivity index is 1.60. The van der Waals surface area contributed by atoms with Crippen LogP contribution in [0.5, 0.6) is 0 Å². The number of benzene rings is 2. The molecule has 1 aliphatic rings. The summed E-state index contributed by atoms with van der Waals surface area (Å²) in [5.41, 5.74) is 5.24. The van der Waals surface area contributed by atoms with Crippen molar-refractivity contribution in [2.24, 2.45) is 0 Å². The SMILES string of the molecule is O=C1c2ccccc2NC(c2cn[nH]c2-c2cccnc2)N1Cc1ccccc1. The number of anilines is 1. The van der Waals surface area contributed by atoms with Crippen LogP contribution in [0.25, 0.3) is 11.3 Å². The fraction of sp³-hybridized carbons (Fsp3) is 0.0870. The summed E-state index contributed by atoms with van der Waals surface area (Å²) in [5.74, 6) is -0.00783. The van der Waals surface area contributed by atoms with E-state index in [1.807, 2.05) is 71.6 Å². The molecule has 3 heterocycles. The largest absolute Gasteiger partial charge is 0.361 e. The summed E-state index contributed by atoms with van der Waals surface area (Å²) >= 11 is 0. The van der Waals surface area contributed by atoms with Gasteiger partial charge in [-0.25, -0.2) is 0 Å². The van der Waals surface area contributed by atoms with Crippen molar-refractivity contribution in [1.82, 2.24) is 20.1 Å². The number of fused-ring (bicyclic) bond motifs is 1. The highest BCUT2D eigenvalue weighted by Crippen LogP contribution is 2.37. The molecule has 4 aromatic rings. The Hall–Kier alpha value is -3.93. The van der Waals surface area contributed by atoms with Crippen molar-refractivity contribution in [3.63, 3.8) is 0 Å². The normalized spacial score (nSPS) is 15.7. The summed E-state index contributed by atoms with van der Waals surface area (Å²) in [7, 11) is 0. The summed E-state index contributed by atoms with van der Waals surface area (Å²) in [5, 5.41) is 10.9. The third-order valence-corrected chi connectivity index (χ3v) is 5.13. The Labute approximate surface area is 168 Å². The summed E-state index contributed by atoms with van der Waals surface area (Å²) in [6.45, 7) is 0.489. The van der Waals surface area contributed by atoms with Gasteiger partial charge < -0.3 is 10.2 Å². The van der Waals surface area contributed by atoms with Gasteiger partial charge >= 0.3 is 0 Å². The Morgan fingerprint density at radius 1 is 0.931 bits per heavy atom. The van der Waals surface area contributed by atoms with Gasteiger partial charge in [-0.15, -0.1) is 0 Å². The van der Waals surface area contributed by atoms with Crippen molar-refractivity contribution >= 4 is 11.6 Å². The van der Waals surface area contributed by atoms with Crippen LogP contribution in [0, 0.1) is 0 Å². The van der Waals surface area contributed by atoms with E-state index < -0.39 is 0 Å². The lowest BCUT2D eigenvalue weighted by molar-refractivity contribution is 0.0667. The number of hydrogen-bond donors (Lipinski definition) is 2. The molecule has 0 aliphatic carbocycles. The molecule has 0 spiro atoms. The Bertz CT molecular complexity index is 1140. The highest BCUT2D eigenvalue weighted by molar-refractivity contribution is 6.01. The highest BCUT2D eigenvalue weighted by Gasteiger charge is 2.34. The number of amides is 1. The number of aromatic nitrogens is 3. The summed E-state index contributed by atoms with van der Waals surface area (Å²) < 4.78 is 0. The van der Waals surface area contributed by atoms with Gasteiger partial charge in [0.2, 0.25) is 0 Å². The molecule has 0 radical (unpaired) electrons. The van der Waals surface area contributed by atoms with Gasteiger partial charge in [0.05, 0.1) is 17.5 Å². The topological polar surface area (TPSA) is 73.9 Å². The van der Waals surface area contributed by atoms with Crippen LogP contribution in [0.2, 0.25) is 0 Å². The number of carbonyl (C=O) groups excluding carboxylic acids is 1. The first kappa shape index (κ1) is 17.2. The maximum Gasteiger partial charge on any atom is 0.258 e. The second-order valence-corrected chi connectivity index (χ2v) is 6.95. The smallest absolute Gasteiger partial charge is 0.258 e. The van der Waals surface area contributed by atoms with Crippen molar-refractivity contribution in [3.05, 3.63) is 102 Å². The number of nitrogens with zero attached hydrogens (tertiary/aromatic N) is 3. The molecular weight excluding hydrogens is 362 g/mol. The van der Waals surface area contributed by atoms with E-state index in [4.69, 9.17) is 0 Å². The van der Waals surface area contributed by atoms with Gasteiger partial charge in [-0.3, -0.25) is 14.9 Å². The molecule has 0 fully saturated rings. The van der Waals surface area contributed by atoms with Crippen LogP contribution in [0.1, 0.15) is 27.7 Å². The minimum atomic E-state index is -0.355. The van der Waals surface area contributed by atoms with Crippen LogP contribution in [0.15, 0.2) is 85.3 Å². The van der Waals surface area contributed by atoms with Gasteiger partial charge in [0.15, 0.2) is 0 Å². The molecule has 142 valence electrons. The number of para-hydroxylation sites is 1. The van der Waals surface area contributed by atoms with Crippen molar-refractivity contribution < 1.29 is 4.79 Å². The molecule has 1 amide bonds. The van der Waals surface area contributed by atoms with E-state index in [2.05, 4.69) is 20.5 Å². The van der Waals surface area contributed by atoms with Crippen molar-refractivity contribution in [3.8, 4) is 11.3 Å². The third kappa shape index (κ3) is 3.14. The van der Waals surface area contributed by atoms with Gasteiger partial charge in [-0.2, -0.15) is 5.10 Å². The van der Waals surface area contributed by atoms with Crippen LogP contribution >= 0.6 is 0 Å². The number of nitrogens with one attached hydrogen (secondary N) is 2. The predicted molar refractivity (Wildman–Crippen MR) is 111 cm³/mol. The van der Waals surface area contributed by atoms with Crippen LogP contribution in [-0.2, 0) is 6.54 Å². The standard InChI is InChI=1S/C23H19N5O/c29-23-18-10-4-5-11-20(18)26-22(28(23)15-16-7-2-1-3-8-16)19-14-25-27-21(19)17-9-6-12-24-13-17/h1-14,22,26H,15H2,(H,25,27). The molecular formula is C23H19N5O. The second-order valence-electron chi connectivity index (χ2n) is 6.95. The first-order chi connectivity index (χ1) is 14.3. The molecule has 6 nitrogen and oxygen atoms in total. The van der Waals surface area contributed by atoms with E-state index in [0.29, 0.717) is 12.1 Å². The fourth-order valence-electron chi connectivity index (χ4n) is 3.73. The molecule has 1 aliphatic heterocycles. The molecule has 1 unspecified atom stereocenters. The van der Waals surface area contributed by atoms with Crippen LogP contribution < -0.4 is 5.32 Å². The summed E-state index contributed by atoms with van der Waals surface area (Å²) in [6, 6.07) is 21.5. The monoisotopic (exact) mass is 381 g/mol. The van der Waals surface area contributed by atoms with E-state index in [1.54, 1.807) is 18.6 Å². The average Bonchev–Trinajstić information content (AvgIpc) is 3.27. The van der Waals surface area contributed by atoms with Crippen molar-refractivity contribution in [2.45, 2.75) is 12.7 Å². The molecule has 0 bridgehead atoms. The molecule has 2 aromatic heterocycles. The van der Waals surface area contributed by atoms with Crippen LogP contribution in [0.4, 0.5) is 5.69 Å². The zero-order chi connectivity index (χ0) is 19.6. The van der Waals surface area contributed by atoms with Crippen LogP contribution in [-0.4, -0.2) is 26.0 Å². The zero-order valence-corrected chi connectivity index (χ0v) is 15.6. The molecule has 0 saturated carbocycles. The Morgan fingerprint density at radius 2 is 1.76 bits per heavy atom. The number of H-pyrrole nitrogens is 1. The van der Waals surface area contributed by atoms with Crippen molar-refractivity contribution in [1.29, 1.82) is 0 Å². The van der Waals surface area contributed by atoms with E-state index in [0.717, 1.165) is 28.1 Å². The zero-order valence-electron chi connectivity index (χ0n) is 15.6. The Morgan fingerprint density at radius 3 is 2.59 bits per heavy atom. The minimum absolute atomic E-state index is 0.00783. The number of pyridine rings is 1. The molecule has 1 atom stereocenters. The van der Waals surface area contributed by atoms with E-state index >= 15 is 0 Å². The number of rotatable bonds is 4. The number of carbonyl (C=O) groups is 1.